The minimum Gasteiger partial charge on any atom is -0.340 e. The summed E-state index contributed by atoms with van der Waals surface area (Å²) in [7, 11) is 0. The van der Waals surface area contributed by atoms with Crippen LogP contribution in [0.3, 0.4) is 0 Å². The number of aryl methyl sites for hydroxylation is 1. The first-order valence-corrected chi connectivity index (χ1v) is 9.92. The van der Waals surface area contributed by atoms with Crippen LogP contribution in [-0.2, 0) is 4.79 Å². The van der Waals surface area contributed by atoms with E-state index in [1.54, 1.807) is 24.7 Å². The number of anilines is 1. The molecule has 3 N–H and O–H groups in total. The number of H-pyrrole nitrogens is 2. The number of nitrogens with zero attached hydrogens (tertiary/aromatic N) is 4. The van der Waals surface area contributed by atoms with Gasteiger partial charge in [0.1, 0.15) is 5.69 Å². The van der Waals surface area contributed by atoms with Crippen molar-refractivity contribution in [2.75, 3.05) is 5.32 Å². The summed E-state index contributed by atoms with van der Waals surface area (Å²) in [5, 5.41) is 11.0. The second-order valence-electron chi connectivity index (χ2n) is 7.49. The molecule has 0 unspecified atom stereocenters. The van der Waals surface area contributed by atoms with Crippen LogP contribution in [0.5, 0.6) is 0 Å². The van der Waals surface area contributed by atoms with Crippen molar-refractivity contribution in [1.82, 2.24) is 30.1 Å². The van der Waals surface area contributed by atoms with Gasteiger partial charge in [-0.2, -0.15) is 5.10 Å². The highest BCUT2D eigenvalue weighted by Gasteiger charge is 2.15. The van der Waals surface area contributed by atoms with Crippen LogP contribution in [-0.4, -0.2) is 36.0 Å². The maximum absolute atomic E-state index is 12.0. The van der Waals surface area contributed by atoms with Crippen molar-refractivity contribution in [3.8, 4) is 22.6 Å². The lowest BCUT2D eigenvalue weighted by Crippen LogP contribution is -2.17. The number of aromatic amines is 2. The lowest BCUT2D eigenvalue weighted by atomic mass is 10.1. The Hall–Kier alpha value is -4.07. The Balaban J connectivity index is 1.72. The van der Waals surface area contributed by atoms with Crippen LogP contribution in [0.2, 0.25) is 0 Å². The molecule has 0 atom stereocenters. The standard InChI is InChI=1S/C23H23N7O/c1-5-6-7-19-14(4)26-22(28-19)20-18-9-16(11-25-21(18)30-29-20)15-8-17(12-24-10-15)27-23(31)13(2)3/h5-13H,1H2,2-4H3,(H,26,28)(H,27,31)(H,25,29,30)/b7-6-. The van der Waals surface area contributed by atoms with Crippen molar-refractivity contribution >= 4 is 28.7 Å². The molecule has 8 nitrogen and oxygen atoms in total. The number of nitrogens with one attached hydrogen (secondary N) is 3. The van der Waals surface area contributed by atoms with E-state index in [1.165, 1.54) is 0 Å². The minimum absolute atomic E-state index is 0.0563. The maximum Gasteiger partial charge on any atom is 0.226 e. The molecule has 0 aromatic carbocycles. The molecule has 4 rings (SSSR count). The van der Waals surface area contributed by atoms with Crippen LogP contribution in [0, 0.1) is 12.8 Å². The van der Waals surface area contributed by atoms with E-state index in [4.69, 9.17) is 0 Å². The van der Waals surface area contributed by atoms with Crippen LogP contribution >= 0.6 is 0 Å². The van der Waals surface area contributed by atoms with Gasteiger partial charge in [0.15, 0.2) is 11.5 Å². The summed E-state index contributed by atoms with van der Waals surface area (Å²) in [5.41, 5.74) is 5.46. The normalized spacial score (nSPS) is 11.5. The number of pyridine rings is 2. The molecule has 1 amide bonds. The molecule has 0 aliphatic rings. The summed E-state index contributed by atoms with van der Waals surface area (Å²) in [6.07, 6.45) is 10.6. The number of carbonyl (C=O) groups excluding carboxylic acids is 1. The summed E-state index contributed by atoms with van der Waals surface area (Å²) in [4.78, 5) is 28.7. The average Bonchev–Trinajstić information content (AvgIpc) is 3.34. The molecule has 31 heavy (non-hydrogen) atoms. The highest BCUT2D eigenvalue weighted by molar-refractivity contribution is 5.94. The largest absolute Gasteiger partial charge is 0.340 e. The van der Waals surface area contributed by atoms with Crippen molar-refractivity contribution in [2.45, 2.75) is 20.8 Å². The first kappa shape index (κ1) is 20.2. The van der Waals surface area contributed by atoms with Gasteiger partial charge >= 0.3 is 0 Å². The summed E-state index contributed by atoms with van der Waals surface area (Å²) in [6, 6.07) is 3.87. The van der Waals surface area contributed by atoms with Crippen LogP contribution in [0.25, 0.3) is 39.8 Å². The van der Waals surface area contributed by atoms with Gasteiger partial charge in [0.2, 0.25) is 5.91 Å². The molecule has 156 valence electrons. The van der Waals surface area contributed by atoms with E-state index in [0.717, 1.165) is 33.6 Å². The lowest BCUT2D eigenvalue weighted by molar-refractivity contribution is -0.118. The fourth-order valence-corrected chi connectivity index (χ4v) is 3.10. The van der Waals surface area contributed by atoms with Gasteiger partial charge in [0, 0.05) is 35.1 Å². The van der Waals surface area contributed by atoms with Gasteiger partial charge in [-0.25, -0.2) is 9.97 Å². The Labute approximate surface area is 179 Å². The molecule has 0 spiro atoms. The van der Waals surface area contributed by atoms with Crippen LogP contribution in [0.1, 0.15) is 25.2 Å². The molecule has 0 aliphatic carbocycles. The first-order valence-electron chi connectivity index (χ1n) is 9.92. The zero-order valence-electron chi connectivity index (χ0n) is 17.6. The van der Waals surface area contributed by atoms with Crippen LogP contribution in [0.4, 0.5) is 5.69 Å². The van der Waals surface area contributed by atoms with Gasteiger partial charge in [-0.15, -0.1) is 0 Å². The van der Waals surface area contributed by atoms with Gasteiger partial charge in [-0.3, -0.25) is 14.9 Å². The topological polar surface area (TPSA) is 112 Å². The Kier molecular flexibility index (Phi) is 5.44. The first-order chi connectivity index (χ1) is 15.0. The molecule has 0 saturated carbocycles. The Morgan fingerprint density at radius 1 is 1.19 bits per heavy atom. The molecule has 8 heteroatoms. The quantitative estimate of drug-likeness (QED) is 0.403. The summed E-state index contributed by atoms with van der Waals surface area (Å²) < 4.78 is 0. The third kappa shape index (κ3) is 4.13. The van der Waals surface area contributed by atoms with E-state index in [-0.39, 0.29) is 11.8 Å². The van der Waals surface area contributed by atoms with Gasteiger partial charge < -0.3 is 10.3 Å². The van der Waals surface area contributed by atoms with Crippen molar-refractivity contribution in [2.24, 2.45) is 5.92 Å². The molecule has 4 aromatic heterocycles. The van der Waals surface area contributed by atoms with E-state index in [1.807, 2.05) is 45.1 Å². The van der Waals surface area contributed by atoms with Gasteiger partial charge in [-0.05, 0) is 25.1 Å². The zero-order valence-corrected chi connectivity index (χ0v) is 17.6. The third-order valence-electron chi connectivity index (χ3n) is 4.82. The Morgan fingerprint density at radius 2 is 2.00 bits per heavy atom. The van der Waals surface area contributed by atoms with Gasteiger partial charge in [0.25, 0.3) is 0 Å². The smallest absolute Gasteiger partial charge is 0.226 e. The molecule has 4 heterocycles. The summed E-state index contributed by atoms with van der Waals surface area (Å²) in [6.45, 7) is 9.35. The van der Waals surface area contributed by atoms with E-state index in [9.17, 15) is 4.79 Å². The fraction of sp³-hybridized carbons (Fsp3) is 0.174. The van der Waals surface area contributed by atoms with Crippen molar-refractivity contribution in [1.29, 1.82) is 0 Å². The summed E-state index contributed by atoms with van der Waals surface area (Å²) >= 11 is 0. The monoisotopic (exact) mass is 413 g/mol. The molecule has 0 radical (unpaired) electrons. The van der Waals surface area contributed by atoms with Crippen molar-refractivity contribution in [3.05, 3.63) is 60.8 Å². The predicted molar refractivity (Wildman–Crippen MR) is 122 cm³/mol. The van der Waals surface area contributed by atoms with E-state index in [2.05, 4.69) is 42.0 Å². The second-order valence-corrected chi connectivity index (χ2v) is 7.49. The highest BCUT2D eigenvalue weighted by Crippen LogP contribution is 2.29. The van der Waals surface area contributed by atoms with Crippen molar-refractivity contribution in [3.63, 3.8) is 0 Å². The van der Waals surface area contributed by atoms with Crippen LogP contribution < -0.4 is 5.32 Å². The lowest BCUT2D eigenvalue weighted by Gasteiger charge is -2.09. The van der Waals surface area contributed by atoms with Crippen molar-refractivity contribution < 1.29 is 4.79 Å². The molecule has 0 fully saturated rings. The number of hydrogen-bond acceptors (Lipinski definition) is 5. The highest BCUT2D eigenvalue weighted by atomic mass is 16.1. The molecular formula is C23H23N7O. The number of rotatable bonds is 6. The fourth-order valence-electron chi connectivity index (χ4n) is 3.10. The van der Waals surface area contributed by atoms with Crippen LogP contribution in [0.15, 0.2) is 49.5 Å². The van der Waals surface area contributed by atoms with Gasteiger partial charge in [-0.1, -0.05) is 32.6 Å². The number of fused-ring (bicyclic) bond motifs is 1. The van der Waals surface area contributed by atoms with Gasteiger partial charge in [0.05, 0.1) is 23.0 Å². The molecule has 0 bridgehead atoms. The number of aromatic nitrogens is 6. The SMILES string of the molecule is C=C/C=C\c1nc(-c2[nH]nc3ncc(-c4cncc(NC(=O)C(C)C)c4)cc23)[nH]c1C. The minimum atomic E-state index is -0.113. The molecule has 0 saturated heterocycles. The summed E-state index contributed by atoms with van der Waals surface area (Å²) in [5.74, 6) is 0.510. The van der Waals surface area contributed by atoms with E-state index < -0.39 is 0 Å². The Bertz CT molecular complexity index is 1300. The zero-order chi connectivity index (χ0) is 22.0. The maximum atomic E-state index is 12.0. The molecule has 0 aliphatic heterocycles. The number of carbonyl (C=O) groups is 1. The predicted octanol–water partition coefficient (Wildman–Crippen LogP) is 4.51. The second kappa shape index (κ2) is 8.35. The average molecular weight is 413 g/mol. The van der Waals surface area contributed by atoms with E-state index >= 15 is 0 Å². The molecule has 4 aromatic rings. The number of amides is 1. The number of allylic oxidation sites excluding steroid dienone is 2. The molecular weight excluding hydrogens is 390 g/mol. The number of hydrogen-bond donors (Lipinski definition) is 3. The van der Waals surface area contributed by atoms with E-state index in [0.29, 0.717) is 17.2 Å². The Morgan fingerprint density at radius 3 is 2.77 bits per heavy atom. The number of imidazole rings is 1. The third-order valence-corrected chi connectivity index (χ3v) is 4.82.